The van der Waals surface area contributed by atoms with Gasteiger partial charge in [-0.2, -0.15) is 0 Å². The van der Waals surface area contributed by atoms with Crippen molar-refractivity contribution in [2.75, 3.05) is 13.1 Å². The van der Waals surface area contributed by atoms with E-state index < -0.39 is 0 Å². The van der Waals surface area contributed by atoms with Gasteiger partial charge < -0.3 is 10.6 Å². The topological polar surface area (TPSA) is 41.1 Å². The van der Waals surface area contributed by atoms with Crippen LogP contribution in [0.1, 0.15) is 51.0 Å². The average molecular weight is 333 g/mol. The Morgan fingerprint density at radius 2 is 1.96 bits per heavy atom. The third-order valence-electron chi connectivity index (χ3n) is 5.11. The standard InChI is InChI=1S/C19H25ClN2O/c1-2-21-13-10-15-17(14-8-4-5-9-16(14)20)18(23)22-19(15)11-6-3-7-12-19/h4-5,8-9,21H,2-3,6-7,10-13H2,1H3,(H,22,23). The van der Waals surface area contributed by atoms with Gasteiger partial charge in [0, 0.05) is 16.2 Å². The van der Waals surface area contributed by atoms with Crippen LogP contribution in [-0.2, 0) is 4.79 Å². The van der Waals surface area contributed by atoms with Gasteiger partial charge in [0.2, 0.25) is 0 Å². The number of rotatable bonds is 5. The summed E-state index contributed by atoms with van der Waals surface area (Å²) in [6.45, 7) is 3.96. The van der Waals surface area contributed by atoms with Crippen LogP contribution < -0.4 is 10.6 Å². The molecule has 3 nitrogen and oxygen atoms in total. The number of halogens is 1. The first-order chi connectivity index (χ1) is 11.2. The largest absolute Gasteiger partial charge is 0.343 e. The van der Waals surface area contributed by atoms with Crippen LogP contribution in [0.25, 0.3) is 5.57 Å². The highest BCUT2D eigenvalue weighted by Gasteiger charge is 2.45. The minimum Gasteiger partial charge on any atom is -0.343 e. The average Bonchev–Trinajstić information content (AvgIpc) is 2.80. The predicted molar refractivity (Wildman–Crippen MR) is 95.5 cm³/mol. The van der Waals surface area contributed by atoms with Crippen molar-refractivity contribution < 1.29 is 4.79 Å². The molecule has 1 aliphatic heterocycles. The van der Waals surface area contributed by atoms with Crippen LogP contribution in [-0.4, -0.2) is 24.5 Å². The lowest BCUT2D eigenvalue weighted by atomic mass is 9.75. The van der Waals surface area contributed by atoms with E-state index in [-0.39, 0.29) is 11.4 Å². The molecule has 23 heavy (non-hydrogen) atoms. The van der Waals surface area contributed by atoms with Crippen molar-refractivity contribution in [3.8, 4) is 0 Å². The minimum absolute atomic E-state index is 0.0477. The maximum absolute atomic E-state index is 12.8. The van der Waals surface area contributed by atoms with Crippen LogP contribution in [0.3, 0.4) is 0 Å². The summed E-state index contributed by atoms with van der Waals surface area (Å²) in [4.78, 5) is 12.8. The number of amides is 1. The van der Waals surface area contributed by atoms with Crippen molar-refractivity contribution in [3.63, 3.8) is 0 Å². The van der Waals surface area contributed by atoms with Crippen molar-refractivity contribution in [3.05, 3.63) is 40.4 Å². The summed E-state index contributed by atoms with van der Waals surface area (Å²) < 4.78 is 0. The van der Waals surface area contributed by atoms with Gasteiger partial charge in [-0.25, -0.2) is 0 Å². The van der Waals surface area contributed by atoms with Crippen molar-refractivity contribution in [2.45, 2.75) is 51.0 Å². The Bertz CT molecular complexity index is 618. The Kier molecular flexibility index (Phi) is 5.08. The second-order valence-corrected chi connectivity index (χ2v) is 6.94. The molecular weight excluding hydrogens is 308 g/mol. The Labute approximate surface area is 143 Å². The quantitative estimate of drug-likeness (QED) is 0.802. The summed E-state index contributed by atoms with van der Waals surface area (Å²) >= 11 is 6.39. The molecule has 2 aliphatic rings. The molecule has 1 fully saturated rings. The molecule has 2 N–H and O–H groups in total. The van der Waals surface area contributed by atoms with Gasteiger partial charge in [0.1, 0.15) is 0 Å². The van der Waals surface area contributed by atoms with Crippen LogP contribution in [0.5, 0.6) is 0 Å². The van der Waals surface area contributed by atoms with Crippen molar-refractivity contribution in [1.29, 1.82) is 0 Å². The van der Waals surface area contributed by atoms with Gasteiger partial charge in [-0.1, -0.05) is 56.0 Å². The number of carbonyl (C=O) groups excluding carboxylic acids is 1. The minimum atomic E-state index is -0.140. The number of benzene rings is 1. The molecule has 4 heteroatoms. The van der Waals surface area contributed by atoms with Gasteiger partial charge in [-0.05, 0) is 44.0 Å². The van der Waals surface area contributed by atoms with Crippen LogP contribution in [0.2, 0.25) is 5.02 Å². The van der Waals surface area contributed by atoms with Gasteiger partial charge in [0.25, 0.3) is 5.91 Å². The summed E-state index contributed by atoms with van der Waals surface area (Å²) in [5.74, 6) is 0.0477. The number of carbonyl (C=O) groups is 1. The van der Waals surface area contributed by atoms with Crippen molar-refractivity contribution in [2.24, 2.45) is 0 Å². The first-order valence-electron chi connectivity index (χ1n) is 8.70. The lowest BCUT2D eigenvalue weighted by molar-refractivity contribution is -0.116. The van der Waals surface area contributed by atoms with E-state index in [0.29, 0.717) is 5.02 Å². The second-order valence-electron chi connectivity index (χ2n) is 6.53. The van der Waals surface area contributed by atoms with E-state index in [1.165, 1.54) is 24.8 Å². The van der Waals surface area contributed by atoms with E-state index in [4.69, 9.17) is 11.6 Å². The number of nitrogens with one attached hydrogen (secondary N) is 2. The van der Waals surface area contributed by atoms with E-state index in [2.05, 4.69) is 17.6 Å². The van der Waals surface area contributed by atoms with Crippen LogP contribution in [0.15, 0.2) is 29.8 Å². The van der Waals surface area contributed by atoms with Gasteiger partial charge in [-0.3, -0.25) is 4.79 Å². The van der Waals surface area contributed by atoms with E-state index >= 15 is 0 Å². The van der Waals surface area contributed by atoms with E-state index in [1.807, 2.05) is 24.3 Å². The number of hydrogen-bond acceptors (Lipinski definition) is 2. The van der Waals surface area contributed by atoms with Crippen LogP contribution >= 0.6 is 11.6 Å². The van der Waals surface area contributed by atoms with Gasteiger partial charge in [-0.15, -0.1) is 0 Å². The van der Waals surface area contributed by atoms with E-state index in [0.717, 1.165) is 43.5 Å². The molecule has 0 aromatic heterocycles. The highest BCUT2D eigenvalue weighted by molar-refractivity contribution is 6.35. The van der Waals surface area contributed by atoms with E-state index in [9.17, 15) is 4.79 Å². The smallest absolute Gasteiger partial charge is 0.252 e. The SMILES string of the molecule is CCNCCC1=C(c2ccccc2Cl)C(=O)NC12CCCCC2. The maximum Gasteiger partial charge on any atom is 0.252 e. The predicted octanol–water partition coefficient (Wildman–Crippen LogP) is 3.93. The van der Waals surface area contributed by atoms with Gasteiger partial charge in [0.15, 0.2) is 0 Å². The second kappa shape index (κ2) is 7.06. The lowest BCUT2D eigenvalue weighted by Crippen LogP contribution is -2.46. The van der Waals surface area contributed by atoms with Crippen molar-refractivity contribution in [1.82, 2.24) is 10.6 Å². The van der Waals surface area contributed by atoms with Crippen molar-refractivity contribution >= 4 is 23.1 Å². The molecule has 1 amide bonds. The van der Waals surface area contributed by atoms with Crippen LogP contribution in [0, 0.1) is 0 Å². The number of hydrogen-bond donors (Lipinski definition) is 2. The molecular formula is C19H25ClN2O. The van der Waals surface area contributed by atoms with Gasteiger partial charge >= 0.3 is 0 Å². The fraction of sp³-hybridized carbons (Fsp3) is 0.526. The Morgan fingerprint density at radius 3 is 2.65 bits per heavy atom. The molecule has 0 unspecified atom stereocenters. The Hall–Kier alpha value is -1.32. The molecule has 124 valence electrons. The normalized spacial score (nSPS) is 20.2. The third kappa shape index (κ3) is 3.17. The zero-order chi connectivity index (χ0) is 16.3. The zero-order valence-corrected chi connectivity index (χ0v) is 14.5. The molecule has 3 rings (SSSR count). The van der Waals surface area contributed by atoms with Crippen LogP contribution in [0.4, 0.5) is 0 Å². The summed E-state index contributed by atoms with van der Waals surface area (Å²) in [6.07, 6.45) is 6.62. The monoisotopic (exact) mass is 332 g/mol. The highest BCUT2D eigenvalue weighted by atomic mass is 35.5. The molecule has 0 saturated heterocycles. The summed E-state index contributed by atoms with van der Waals surface area (Å²) in [5.41, 5.74) is 2.81. The summed E-state index contributed by atoms with van der Waals surface area (Å²) in [7, 11) is 0. The molecule has 1 aromatic rings. The Balaban J connectivity index is 2.04. The van der Waals surface area contributed by atoms with Gasteiger partial charge in [0.05, 0.1) is 5.54 Å². The fourth-order valence-corrected chi connectivity index (χ4v) is 4.25. The molecule has 0 bridgehead atoms. The molecule has 1 aliphatic carbocycles. The highest BCUT2D eigenvalue weighted by Crippen LogP contribution is 2.44. The lowest BCUT2D eigenvalue weighted by Gasteiger charge is -2.36. The summed E-state index contributed by atoms with van der Waals surface area (Å²) in [6, 6.07) is 7.69. The molecule has 0 atom stereocenters. The maximum atomic E-state index is 12.8. The third-order valence-corrected chi connectivity index (χ3v) is 5.44. The summed E-state index contributed by atoms with van der Waals surface area (Å²) in [5, 5.41) is 7.37. The molecule has 1 aromatic carbocycles. The zero-order valence-electron chi connectivity index (χ0n) is 13.8. The molecule has 1 saturated carbocycles. The Morgan fingerprint density at radius 1 is 1.22 bits per heavy atom. The fourth-order valence-electron chi connectivity index (χ4n) is 4.02. The van der Waals surface area contributed by atoms with E-state index in [1.54, 1.807) is 0 Å². The molecule has 1 heterocycles. The molecule has 1 spiro atoms. The molecule has 0 radical (unpaired) electrons. The first kappa shape index (κ1) is 16.5. The first-order valence-corrected chi connectivity index (χ1v) is 9.07.